The molecule has 0 unspecified atom stereocenters. The topological polar surface area (TPSA) is 75.3 Å². The van der Waals surface area contributed by atoms with Crippen molar-refractivity contribution in [3.05, 3.63) is 88.4 Å². The number of carbonyl (C=O) groups excluding carboxylic acids is 1. The van der Waals surface area contributed by atoms with E-state index in [0.717, 1.165) is 24.3 Å². The molecule has 0 aromatic heterocycles. The molecule has 3 rings (SSSR count). The number of carbonyl (C=O) groups is 1. The molecule has 0 heterocycles. The summed E-state index contributed by atoms with van der Waals surface area (Å²) in [6, 6.07) is 14.2. The number of hydrogen-bond acceptors (Lipinski definition) is 3. The molecule has 0 saturated carbocycles. The van der Waals surface area contributed by atoms with Crippen molar-refractivity contribution in [3.8, 4) is 0 Å². The summed E-state index contributed by atoms with van der Waals surface area (Å²) < 4.78 is 54.2. The molecule has 0 saturated heterocycles. The van der Waals surface area contributed by atoms with E-state index in [2.05, 4.69) is 26.0 Å². The second-order valence-electron chi connectivity index (χ2n) is 5.72. The van der Waals surface area contributed by atoms with Crippen molar-refractivity contribution in [2.45, 2.75) is 4.90 Å². The van der Waals surface area contributed by atoms with Crippen molar-refractivity contribution < 1.29 is 22.0 Å². The maximum atomic E-state index is 13.8. The summed E-state index contributed by atoms with van der Waals surface area (Å²) in [5.41, 5.74) is 0.456. The summed E-state index contributed by atoms with van der Waals surface area (Å²) in [6.45, 7) is 0. The predicted molar refractivity (Wildman–Crippen MR) is 106 cm³/mol. The number of nitrogens with one attached hydrogen (secondary N) is 2. The summed E-state index contributed by atoms with van der Waals surface area (Å²) in [5, 5.41) is 2.44. The minimum atomic E-state index is -3.89. The van der Waals surface area contributed by atoms with E-state index < -0.39 is 27.6 Å². The Morgan fingerprint density at radius 1 is 0.893 bits per heavy atom. The van der Waals surface area contributed by atoms with Crippen molar-refractivity contribution >= 4 is 43.2 Å². The van der Waals surface area contributed by atoms with Gasteiger partial charge in [-0.05, 0) is 66.7 Å². The van der Waals surface area contributed by atoms with Crippen LogP contribution in [0, 0.1) is 11.6 Å². The largest absolute Gasteiger partial charge is 0.319 e. The number of halogens is 3. The van der Waals surface area contributed by atoms with Crippen molar-refractivity contribution in [3.63, 3.8) is 0 Å². The van der Waals surface area contributed by atoms with E-state index in [0.29, 0.717) is 4.47 Å². The second kappa shape index (κ2) is 8.07. The van der Waals surface area contributed by atoms with Crippen LogP contribution in [0.3, 0.4) is 0 Å². The van der Waals surface area contributed by atoms with Gasteiger partial charge in [0.2, 0.25) is 0 Å². The van der Waals surface area contributed by atoms with Crippen molar-refractivity contribution in [1.82, 2.24) is 0 Å². The van der Waals surface area contributed by atoms with Crippen molar-refractivity contribution in [1.29, 1.82) is 0 Å². The normalized spacial score (nSPS) is 11.1. The first-order valence-electron chi connectivity index (χ1n) is 7.89. The fourth-order valence-corrected chi connectivity index (χ4v) is 3.69. The monoisotopic (exact) mass is 466 g/mol. The van der Waals surface area contributed by atoms with Gasteiger partial charge in [-0.1, -0.05) is 15.9 Å². The smallest absolute Gasteiger partial charge is 0.261 e. The summed E-state index contributed by atoms with van der Waals surface area (Å²) in [7, 11) is -3.89. The summed E-state index contributed by atoms with van der Waals surface area (Å²) in [4.78, 5) is 12.1. The van der Waals surface area contributed by atoms with Gasteiger partial charge in [-0.25, -0.2) is 17.2 Å². The summed E-state index contributed by atoms with van der Waals surface area (Å²) in [6.07, 6.45) is 0. The van der Waals surface area contributed by atoms with E-state index in [4.69, 9.17) is 0 Å². The third-order valence-corrected chi connectivity index (χ3v) is 5.59. The molecule has 3 aromatic carbocycles. The van der Waals surface area contributed by atoms with Crippen LogP contribution < -0.4 is 10.0 Å². The van der Waals surface area contributed by atoms with Crippen LogP contribution >= 0.6 is 15.9 Å². The molecule has 0 spiro atoms. The molecule has 0 aliphatic carbocycles. The fourth-order valence-electron chi connectivity index (χ4n) is 2.30. The van der Waals surface area contributed by atoms with Gasteiger partial charge in [0.05, 0.1) is 10.6 Å². The molecule has 28 heavy (non-hydrogen) atoms. The third kappa shape index (κ3) is 4.73. The average molecular weight is 467 g/mol. The molecule has 0 atom stereocenters. The highest BCUT2D eigenvalue weighted by Crippen LogP contribution is 2.21. The molecule has 0 fully saturated rings. The number of rotatable bonds is 5. The molecule has 0 aliphatic heterocycles. The SMILES string of the molecule is O=C(Nc1ccc(Br)cc1F)c1ccc(NS(=O)(=O)c2ccc(F)cc2)cc1. The van der Waals surface area contributed by atoms with Gasteiger partial charge in [0.1, 0.15) is 11.6 Å². The van der Waals surface area contributed by atoms with Gasteiger partial charge in [0.15, 0.2) is 0 Å². The highest BCUT2D eigenvalue weighted by Gasteiger charge is 2.15. The fraction of sp³-hybridized carbons (Fsp3) is 0. The van der Waals surface area contributed by atoms with Gasteiger partial charge in [-0.2, -0.15) is 0 Å². The van der Waals surface area contributed by atoms with Gasteiger partial charge < -0.3 is 5.32 Å². The molecule has 2 N–H and O–H groups in total. The Morgan fingerprint density at radius 3 is 2.14 bits per heavy atom. The number of hydrogen-bond donors (Lipinski definition) is 2. The molecular weight excluding hydrogens is 454 g/mol. The van der Waals surface area contributed by atoms with Crippen LogP contribution in [0.15, 0.2) is 76.1 Å². The Kier molecular flexibility index (Phi) is 5.76. The van der Waals surface area contributed by atoms with Crippen LogP contribution in [0.2, 0.25) is 0 Å². The second-order valence-corrected chi connectivity index (χ2v) is 8.31. The van der Waals surface area contributed by atoms with Crippen LogP contribution in [0.1, 0.15) is 10.4 Å². The Balaban J connectivity index is 1.72. The minimum absolute atomic E-state index is 0.0225. The first-order chi connectivity index (χ1) is 13.2. The van der Waals surface area contributed by atoms with Gasteiger partial charge in [-0.3, -0.25) is 9.52 Å². The number of amides is 1. The number of anilines is 2. The van der Waals surface area contributed by atoms with Crippen LogP contribution in [-0.2, 0) is 10.0 Å². The lowest BCUT2D eigenvalue weighted by Gasteiger charge is -2.10. The Morgan fingerprint density at radius 2 is 1.54 bits per heavy atom. The van der Waals surface area contributed by atoms with Crippen molar-refractivity contribution in [2.24, 2.45) is 0 Å². The van der Waals surface area contributed by atoms with Crippen LogP contribution in [0.4, 0.5) is 20.2 Å². The lowest BCUT2D eigenvalue weighted by Crippen LogP contribution is -2.14. The molecule has 0 aliphatic rings. The highest BCUT2D eigenvalue weighted by molar-refractivity contribution is 9.10. The van der Waals surface area contributed by atoms with Gasteiger partial charge >= 0.3 is 0 Å². The average Bonchev–Trinajstić information content (AvgIpc) is 2.64. The standard InChI is InChI=1S/C19H13BrF2N2O3S/c20-13-3-10-18(17(22)11-13)23-19(25)12-1-6-15(7-2-12)24-28(26,27)16-8-4-14(21)5-9-16/h1-11,24H,(H,23,25). The van der Waals surface area contributed by atoms with Crippen LogP contribution in [0.5, 0.6) is 0 Å². The van der Waals surface area contributed by atoms with Gasteiger partial charge in [0.25, 0.3) is 15.9 Å². The molecule has 1 amide bonds. The molecule has 0 radical (unpaired) electrons. The van der Waals surface area contributed by atoms with E-state index in [-0.39, 0.29) is 21.8 Å². The lowest BCUT2D eigenvalue weighted by molar-refractivity contribution is 0.102. The first-order valence-corrected chi connectivity index (χ1v) is 10.2. The van der Waals surface area contributed by atoms with E-state index in [1.165, 1.54) is 36.4 Å². The maximum absolute atomic E-state index is 13.8. The Hall–Kier alpha value is -2.78. The molecular formula is C19H13BrF2N2O3S. The summed E-state index contributed by atoms with van der Waals surface area (Å²) in [5.74, 6) is -1.68. The minimum Gasteiger partial charge on any atom is -0.319 e. The zero-order valence-corrected chi connectivity index (χ0v) is 16.5. The number of sulfonamides is 1. The van der Waals surface area contributed by atoms with E-state index in [1.807, 2.05) is 0 Å². The van der Waals surface area contributed by atoms with Crippen molar-refractivity contribution in [2.75, 3.05) is 10.0 Å². The Bertz CT molecular complexity index is 1120. The quantitative estimate of drug-likeness (QED) is 0.567. The van der Waals surface area contributed by atoms with Gasteiger partial charge in [-0.15, -0.1) is 0 Å². The van der Waals surface area contributed by atoms with E-state index in [9.17, 15) is 22.0 Å². The third-order valence-electron chi connectivity index (χ3n) is 3.70. The summed E-state index contributed by atoms with van der Waals surface area (Å²) >= 11 is 3.13. The van der Waals surface area contributed by atoms with Crippen LogP contribution in [-0.4, -0.2) is 14.3 Å². The van der Waals surface area contributed by atoms with E-state index >= 15 is 0 Å². The zero-order chi connectivity index (χ0) is 20.3. The highest BCUT2D eigenvalue weighted by atomic mass is 79.9. The maximum Gasteiger partial charge on any atom is 0.261 e. The molecule has 5 nitrogen and oxygen atoms in total. The van der Waals surface area contributed by atoms with E-state index in [1.54, 1.807) is 6.07 Å². The first kappa shape index (κ1) is 20.0. The molecule has 3 aromatic rings. The molecule has 9 heteroatoms. The molecule has 0 bridgehead atoms. The van der Waals surface area contributed by atoms with Crippen LogP contribution in [0.25, 0.3) is 0 Å². The predicted octanol–water partition coefficient (Wildman–Crippen LogP) is 4.78. The zero-order valence-electron chi connectivity index (χ0n) is 14.1. The number of benzene rings is 3. The lowest BCUT2D eigenvalue weighted by atomic mass is 10.2. The van der Waals surface area contributed by atoms with Gasteiger partial charge in [0, 0.05) is 15.7 Å². The molecule has 144 valence electrons. The Labute approximate surface area is 168 Å².